The zero-order valence-corrected chi connectivity index (χ0v) is 35.9. The molecule has 62 heavy (non-hydrogen) atoms. The summed E-state index contributed by atoms with van der Waals surface area (Å²) in [6.45, 7) is 0. The van der Waals surface area contributed by atoms with Gasteiger partial charge in [0.25, 0.3) is 0 Å². The van der Waals surface area contributed by atoms with Crippen LogP contribution in [0.4, 0.5) is 16.9 Å². The monoisotopic (exact) mass is 959 g/mol. The van der Waals surface area contributed by atoms with Gasteiger partial charge in [0.05, 0.1) is 20.7 Å². The van der Waals surface area contributed by atoms with Crippen LogP contribution in [-0.4, -0.2) is 19.5 Å². The third-order valence-corrected chi connectivity index (χ3v) is 11.1. The fraction of sp³-hybridized carbons (Fsp3) is 0. The van der Waals surface area contributed by atoms with Crippen molar-refractivity contribution < 1.29 is 30.9 Å². The van der Waals surface area contributed by atoms with E-state index >= 15 is 0 Å². The molecule has 8 aromatic carbocycles. The summed E-state index contributed by atoms with van der Waals surface area (Å²) in [5.74, 6) is 3.27. The van der Waals surface area contributed by atoms with Gasteiger partial charge in [-0.3, -0.25) is 0 Å². The summed E-state index contributed by atoms with van der Waals surface area (Å²) in [5.41, 5.74) is 11.7. The maximum absolute atomic E-state index is 11.2. The van der Waals surface area contributed by atoms with Gasteiger partial charge < -0.3 is 9.47 Å². The van der Waals surface area contributed by atoms with Gasteiger partial charge in [0.1, 0.15) is 23.0 Å². The Kier molecular flexibility index (Phi) is 10.4. The molecule has 0 saturated heterocycles. The molecule has 11 heteroatoms. The van der Waals surface area contributed by atoms with Crippen LogP contribution in [0, 0.1) is 0 Å². The molecule has 1 aromatic heterocycles. The Labute approximate surface area is 360 Å². The van der Waals surface area contributed by atoms with Crippen LogP contribution in [0.1, 0.15) is 0 Å². The molecule has 9 aromatic rings. The molecule has 2 heterocycles. The molecule has 0 unspecified atom stereocenters. The van der Waals surface area contributed by atoms with E-state index in [4.69, 9.17) is 9.47 Å². The molecule has 0 amide bonds. The number of benzene rings is 8. The average Bonchev–Trinajstić information content (AvgIpc) is 3.27. The number of hydrogen-bond acceptors (Lipinski definition) is 3. The van der Waals surface area contributed by atoms with Gasteiger partial charge in [-0.05, 0) is 106 Å². The van der Waals surface area contributed by atoms with Gasteiger partial charge in [0.2, 0.25) is 11.2 Å². The van der Waals surface area contributed by atoms with Crippen molar-refractivity contribution in [1.82, 2.24) is 0 Å². The number of rotatable bonds is 8. The molecular formula is C51H34F6NO2SSb. The topological polar surface area (TPSA) is 22.3 Å². The van der Waals surface area contributed by atoms with Gasteiger partial charge in [-0.1, -0.05) is 133 Å². The number of para-hydroxylation sites is 2. The van der Waals surface area contributed by atoms with Gasteiger partial charge in [0, 0.05) is 11.6 Å². The second-order valence-electron chi connectivity index (χ2n) is 14.5. The van der Waals surface area contributed by atoms with E-state index in [0.29, 0.717) is 0 Å². The van der Waals surface area contributed by atoms with E-state index in [1.807, 2.05) is 84.6 Å². The van der Waals surface area contributed by atoms with Gasteiger partial charge >= 0.3 is 36.4 Å². The minimum absolute atomic E-state index is 0.807. The van der Waals surface area contributed by atoms with Crippen LogP contribution in [0.5, 0.6) is 23.0 Å². The number of hydrogen-bond donors (Lipinski definition) is 0. The van der Waals surface area contributed by atoms with Gasteiger partial charge in [-0.15, -0.1) is 0 Å². The second kappa shape index (κ2) is 15.8. The fourth-order valence-electron chi connectivity index (χ4n) is 7.41. The third kappa shape index (κ3) is 9.83. The Bertz CT molecular complexity index is 3040. The van der Waals surface area contributed by atoms with Crippen molar-refractivity contribution in [1.29, 1.82) is 0 Å². The van der Waals surface area contributed by atoms with Gasteiger partial charge in [-0.2, -0.15) is 4.57 Å². The molecular weight excluding hydrogens is 926 g/mol. The molecule has 0 fully saturated rings. The predicted octanol–water partition coefficient (Wildman–Crippen LogP) is 16.0. The molecule has 1 aliphatic rings. The number of fused-ring (bicyclic) bond motifs is 2. The Hall–Kier alpha value is -6.48. The summed E-state index contributed by atoms with van der Waals surface area (Å²) in [5, 5.41) is 1.21. The molecule has 308 valence electrons. The van der Waals surface area contributed by atoms with E-state index in [0.717, 1.165) is 45.3 Å². The molecule has 0 bridgehead atoms. The molecule has 10 rings (SSSR count). The molecule has 3 nitrogen and oxygen atoms in total. The molecule has 0 saturated carbocycles. The fourth-order valence-corrected chi connectivity index (χ4v) is 8.59. The van der Waals surface area contributed by atoms with Crippen LogP contribution in [0.15, 0.2) is 216 Å². The predicted molar refractivity (Wildman–Crippen MR) is 237 cm³/mol. The van der Waals surface area contributed by atoms with Crippen LogP contribution in [0.25, 0.3) is 61.1 Å². The van der Waals surface area contributed by atoms with E-state index in [1.165, 1.54) is 48.6 Å². The van der Waals surface area contributed by atoms with E-state index in [2.05, 4.69) is 138 Å². The van der Waals surface area contributed by atoms with Crippen LogP contribution in [-0.2, 0) is 0 Å². The summed E-state index contributed by atoms with van der Waals surface area (Å²) < 4.78 is 74.2. The van der Waals surface area contributed by atoms with Gasteiger partial charge in [0.15, 0.2) is 6.20 Å². The van der Waals surface area contributed by atoms with E-state index in [-0.39, 0.29) is 0 Å². The largest absolute Gasteiger partial charge is 0.457 e. The first-order valence-corrected chi connectivity index (χ1v) is 26.0. The van der Waals surface area contributed by atoms with E-state index in [9.17, 15) is 16.9 Å². The van der Waals surface area contributed by atoms with Crippen molar-refractivity contribution in [3.63, 3.8) is 0 Å². The average molecular weight is 961 g/mol. The van der Waals surface area contributed by atoms with E-state index < -0.39 is 19.5 Å². The van der Waals surface area contributed by atoms with Crippen molar-refractivity contribution in [3.05, 3.63) is 206 Å². The summed E-state index contributed by atoms with van der Waals surface area (Å²) >= 11 is -9.41. The first kappa shape index (κ1) is 40.9. The van der Waals surface area contributed by atoms with Crippen molar-refractivity contribution in [2.45, 2.75) is 9.79 Å². The quantitative estimate of drug-likeness (QED) is 0.0861. The van der Waals surface area contributed by atoms with Crippen LogP contribution in [0.3, 0.4) is 0 Å². The first-order valence-electron chi connectivity index (χ1n) is 19.4. The molecule has 0 spiro atoms. The minimum atomic E-state index is -11.2. The number of aromatic nitrogens is 1. The molecule has 0 radical (unpaired) electrons. The molecule has 0 N–H and O–H groups in total. The molecule has 0 atom stereocenters. The summed E-state index contributed by atoms with van der Waals surface area (Å²) in [6, 6.07) is 69.7. The maximum atomic E-state index is 9.93. The number of nitrogens with zero attached hydrogens (tertiary/aromatic N) is 1. The van der Waals surface area contributed by atoms with E-state index in [1.54, 1.807) is 0 Å². The van der Waals surface area contributed by atoms with Crippen molar-refractivity contribution in [2.24, 2.45) is 0 Å². The zero-order valence-electron chi connectivity index (χ0n) is 32.5. The second-order valence-corrected chi connectivity index (χ2v) is 21.1. The molecule has 1 aliphatic heterocycles. The number of halogens is 6. The Balaban J connectivity index is 0.000000648. The third-order valence-electron chi connectivity index (χ3n) is 10.0. The summed E-state index contributed by atoms with van der Waals surface area (Å²) in [6.07, 6.45) is 2.34. The first-order chi connectivity index (χ1) is 29.7. The van der Waals surface area contributed by atoms with Crippen molar-refractivity contribution in [2.75, 3.05) is 0 Å². The maximum Gasteiger partial charge on any atom is 0.233 e. The Morgan fingerprint density at radius 3 is 1.32 bits per heavy atom. The Morgan fingerprint density at radius 2 is 0.806 bits per heavy atom. The van der Waals surface area contributed by atoms with Crippen molar-refractivity contribution >= 4 is 42.1 Å². The number of ether oxygens (including phenoxy) is 2. The summed E-state index contributed by atoms with van der Waals surface area (Å²) in [4.78, 5) is 2.42. The minimum Gasteiger partial charge on any atom is -0.457 e. The van der Waals surface area contributed by atoms with Crippen molar-refractivity contribution in [3.8, 4) is 73.2 Å². The smallest absolute Gasteiger partial charge is 0.233 e. The van der Waals surface area contributed by atoms with Crippen LogP contribution < -0.4 is 14.0 Å². The normalized spacial score (nSPS) is 12.9. The van der Waals surface area contributed by atoms with Crippen LogP contribution >= 0.6 is 11.8 Å². The van der Waals surface area contributed by atoms with Crippen LogP contribution in [0.2, 0.25) is 0 Å². The molecule has 0 aliphatic carbocycles. The SMILES string of the molecule is [F][Sb-]([F])([F])([F])([F])[F].c1ccc(Oc2ccc(-c3ccc4c(c3)Sc3cc(-c5ccc(Oc6ccccc6)cc5)cc5c(-c6ccccc6)c(-c6ccccc6)c[n+]-4c35)cc2)cc1. The Morgan fingerprint density at radius 1 is 0.387 bits per heavy atom. The zero-order chi connectivity index (χ0) is 43.0. The summed E-state index contributed by atoms with van der Waals surface area (Å²) in [7, 11) is 0. The van der Waals surface area contributed by atoms with Gasteiger partial charge in [-0.25, -0.2) is 0 Å². The standard InChI is InChI=1S/C51H34NO2S.6FH.Sb/c1-5-13-37(14-6-1)46-34-52-47-30-25-39(35-21-26-43(27-22-35)53-41-17-9-3-10-18-41)32-48(47)55-49-33-40(31-45(51(49)52)50(46)38-15-7-2-8-16-38)36-23-28-44(29-24-36)54-42-19-11-4-12-20-42;;;;;;;/h1-34H;6*1H;/q+1;;;;;;;+5/p-6. The number of pyridine rings is 1.